The number of benzene rings is 1. The molecule has 3 nitrogen and oxygen atoms in total. The summed E-state index contributed by atoms with van der Waals surface area (Å²) in [6, 6.07) is 10.7. The molecule has 4 rings (SSSR count). The molecule has 0 unspecified atom stereocenters. The van der Waals surface area contributed by atoms with Crippen molar-refractivity contribution in [3.8, 4) is 0 Å². The van der Waals surface area contributed by atoms with Gasteiger partial charge in [0.05, 0.1) is 0 Å². The predicted molar refractivity (Wildman–Crippen MR) is 190 cm³/mol. The van der Waals surface area contributed by atoms with Crippen molar-refractivity contribution in [2.75, 3.05) is 5.32 Å². The maximum Gasteiger partial charge on any atom is 0.0493 e. The van der Waals surface area contributed by atoms with Crippen LogP contribution in [0.25, 0.3) is 11.3 Å². The van der Waals surface area contributed by atoms with Gasteiger partial charge in [0.25, 0.3) is 0 Å². The second-order valence-corrected chi connectivity index (χ2v) is 10.1. The number of nitrogens with zero attached hydrogens (tertiary/aromatic N) is 1. The van der Waals surface area contributed by atoms with Gasteiger partial charge in [-0.1, -0.05) is 87.4 Å². The summed E-state index contributed by atoms with van der Waals surface area (Å²) >= 11 is 0. The van der Waals surface area contributed by atoms with Crippen LogP contribution >= 0.6 is 0 Å². The summed E-state index contributed by atoms with van der Waals surface area (Å²) in [6.45, 7) is 22.5. The normalized spacial score (nSPS) is 14.6. The van der Waals surface area contributed by atoms with Gasteiger partial charge < -0.3 is 15.6 Å². The van der Waals surface area contributed by atoms with Crippen LogP contribution in [0.15, 0.2) is 120 Å². The lowest BCUT2D eigenvalue weighted by Crippen LogP contribution is -2.06. The van der Waals surface area contributed by atoms with E-state index in [1.165, 1.54) is 50.4 Å². The number of nitrogens with two attached hydrogens (primary N) is 1. The summed E-state index contributed by atoms with van der Waals surface area (Å²) in [5.41, 5.74) is 19.0. The number of anilines is 1. The van der Waals surface area contributed by atoms with Crippen molar-refractivity contribution >= 4 is 17.0 Å². The van der Waals surface area contributed by atoms with Gasteiger partial charge in [0.2, 0.25) is 0 Å². The zero-order valence-corrected chi connectivity index (χ0v) is 27.7. The van der Waals surface area contributed by atoms with Crippen LogP contribution in [0.5, 0.6) is 0 Å². The third-order valence-electron chi connectivity index (χ3n) is 6.85. The molecule has 0 fully saturated rings. The number of allylic oxidation sites excluding steroid dienone is 13. The molecule has 3 N–H and O–H groups in total. The number of nitrogens with one attached hydrogen (secondary N) is 1. The minimum Gasteiger partial charge on any atom is -0.405 e. The highest BCUT2D eigenvalue weighted by molar-refractivity contribution is 5.78. The number of hydrogen-bond acceptors (Lipinski definition) is 2. The van der Waals surface area contributed by atoms with Crippen LogP contribution in [-0.4, -0.2) is 4.57 Å². The van der Waals surface area contributed by atoms with E-state index in [2.05, 4.69) is 106 Å². The smallest absolute Gasteiger partial charge is 0.0493 e. The zero-order chi connectivity index (χ0) is 31.5. The van der Waals surface area contributed by atoms with Crippen LogP contribution < -0.4 is 11.1 Å². The van der Waals surface area contributed by atoms with Crippen molar-refractivity contribution in [1.29, 1.82) is 0 Å². The van der Waals surface area contributed by atoms with E-state index in [0.29, 0.717) is 0 Å². The standard InChI is InChI=1S/C23H28N2.C12H15N.2C2H6/c1-17-10-11-20(8-5-4-6-12-24)23(16-17)25-13-7-9-22(25)21-15-18(2)14-19(21)3;1-4-5-8-13-12-7-6-10(2)9-11(12)3;2*1-2/h4-7,9,12-14,16H,8,10-11,15,24H2,1-3H3;4-9,13H,1H2,2-3H3;2*1-2H3/b5-4-,12-6-;8-5-;;. The SMILES string of the molecule is C=C/C=C\Nc1ccc(C)cc1C.CC.CC.CC1=CC(n2cccc2C2=C(C)C=C(C)C2)=C(C/C=C\C=C/N)CC1. The van der Waals surface area contributed by atoms with Crippen LogP contribution in [0.1, 0.15) is 91.0 Å². The van der Waals surface area contributed by atoms with Crippen LogP contribution in [0.2, 0.25) is 0 Å². The van der Waals surface area contributed by atoms with Gasteiger partial charge in [0.15, 0.2) is 0 Å². The Labute approximate surface area is 257 Å². The molecule has 1 aromatic carbocycles. The van der Waals surface area contributed by atoms with E-state index in [-0.39, 0.29) is 0 Å². The van der Waals surface area contributed by atoms with Crippen molar-refractivity contribution in [2.45, 2.75) is 88.0 Å². The lowest BCUT2D eigenvalue weighted by molar-refractivity contribution is 0.861. The molecule has 1 aromatic heterocycles. The molecular weight excluding hydrogens is 510 g/mol. The van der Waals surface area contributed by atoms with Crippen molar-refractivity contribution in [2.24, 2.45) is 5.73 Å². The van der Waals surface area contributed by atoms with Gasteiger partial charge in [-0.05, 0) is 125 Å². The highest BCUT2D eigenvalue weighted by Crippen LogP contribution is 2.37. The summed E-state index contributed by atoms with van der Waals surface area (Å²) < 4.78 is 2.38. The van der Waals surface area contributed by atoms with Crippen LogP contribution in [-0.2, 0) is 0 Å². The predicted octanol–water partition coefficient (Wildman–Crippen LogP) is 11.4. The minimum atomic E-state index is 0.969. The molecule has 2 aliphatic rings. The first-order valence-electron chi connectivity index (χ1n) is 15.4. The molecule has 226 valence electrons. The molecule has 0 radical (unpaired) electrons. The molecule has 0 spiro atoms. The molecule has 0 atom stereocenters. The Kier molecular flexibility index (Phi) is 17.2. The average molecular weight is 566 g/mol. The number of hydrogen-bond donors (Lipinski definition) is 2. The molecule has 2 aromatic rings. The number of rotatable bonds is 8. The van der Waals surface area contributed by atoms with E-state index >= 15 is 0 Å². The molecule has 0 aliphatic heterocycles. The zero-order valence-electron chi connectivity index (χ0n) is 27.7. The molecule has 0 amide bonds. The molecule has 1 heterocycles. The summed E-state index contributed by atoms with van der Waals surface area (Å²) in [4.78, 5) is 0. The van der Waals surface area contributed by atoms with Crippen molar-refractivity contribution in [3.05, 3.63) is 137 Å². The molecular formula is C39H55N3. The Morgan fingerprint density at radius 2 is 1.64 bits per heavy atom. The van der Waals surface area contributed by atoms with Gasteiger partial charge in [-0.25, -0.2) is 0 Å². The van der Waals surface area contributed by atoms with E-state index in [4.69, 9.17) is 5.73 Å². The minimum absolute atomic E-state index is 0.969. The Morgan fingerprint density at radius 1 is 0.905 bits per heavy atom. The first kappa shape index (κ1) is 36.0. The molecule has 0 saturated carbocycles. The number of aromatic nitrogens is 1. The van der Waals surface area contributed by atoms with Crippen LogP contribution in [0.4, 0.5) is 5.69 Å². The van der Waals surface area contributed by atoms with Gasteiger partial charge in [-0.15, -0.1) is 0 Å². The quantitative estimate of drug-likeness (QED) is 0.313. The van der Waals surface area contributed by atoms with Crippen molar-refractivity contribution < 1.29 is 0 Å². The highest BCUT2D eigenvalue weighted by Gasteiger charge is 2.19. The lowest BCUT2D eigenvalue weighted by Gasteiger charge is -2.21. The van der Waals surface area contributed by atoms with E-state index < -0.39 is 0 Å². The van der Waals surface area contributed by atoms with Gasteiger partial charge >= 0.3 is 0 Å². The van der Waals surface area contributed by atoms with E-state index in [9.17, 15) is 0 Å². The highest BCUT2D eigenvalue weighted by atomic mass is 15.0. The maximum absolute atomic E-state index is 5.42. The van der Waals surface area contributed by atoms with E-state index in [0.717, 1.165) is 31.4 Å². The second-order valence-electron chi connectivity index (χ2n) is 10.1. The third-order valence-corrected chi connectivity index (χ3v) is 6.85. The molecule has 42 heavy (non-hydrogen) atoms. The summed E-state index contributed by atoms with van der Waals surface area (Å²) in [7, 11) is 0. The Balaban J connectivity index is 0.000000438. The van der Waals surface area contributed by atoms with Gasteiger partial charge in [0.1, 0.15) is 0 Å². The largest absolute Gasteiger partial charge is 0.405 e. The fourth-order valence-corrected chi connectivity index (χ4v) is 4.92. The van der Waals surface area contributed by atoms with Gasteiger partial charge in [0, 0.05) is 29.5 Å². The summed E-state index contributed by atoms with van der Waals surface area (Å²) in [5, 5.41) is 3.19. The van der Waals surface area contributed by atoms with E-state index in [1.54, 1.807) is 12.3 Å². The topological polar surface area (TPSA) is 43.0 Å². The lowest BCUT2D eigenvalue weighted by atomic mass is 9.94. The van der Waals surface area contributed by atoms with Crippen molar-refractivity contribution in [1.82, 2.24) is 4.57 Å². The molecule has 3 heteroatoms. The second kappa shape index (κ2) is 20.0. The van der Waals surface area contributed by atoms with Gasteiger partial charge in [-0.3, -0.25) is 0 Å². The Morgan fingerprint density at radius 3 is 2.26 bits per heavy atom. The van der Waals surface area contributed by atoms with Crippen LogP contribution in [0, 0.1) is 13.8 Å². The molecule has 0 saturated heterocycles. The average Bonchev–Trinajstić information content (AvgIpc) is 3.61. The summed E-state index contributed by atoms with van der Waals surface area (Å²) in [6.07, 6.45) is 24.4. The maximum atomic E-state index is 5.42. The fraction of sp³-hybridized carbons (Fsp3) is 0.333. The molecule has 2 aliphatic carbocycles. The van der Waals surface area contributed by atoms with Crippen molar-refractivity contribution in [3.63, 3.8) is 0 Å². The Bertz CT molecular complexity index is 1350. The number of aryl methyl sites for hydroxylation is 2. The first-order chi connectivity index (χ1) is 20.3. The monoisotopic (exact) mass is 565 g/mol. The fourth-order valence-electron chi connectivity index (χ4n) is 4.92. The third kappa shape index (κ3) is 11.1. The van der Waals surface area contributed by atoms with Gasteiger partial charge in [-0.2, -0.15) is 0 Å². The Hall–Kier alpha value is -3.98. The summed E-state index contributed by atoms with van der Waals surface area (Å²) in [5.74, 6) is 0. The van der Waals surface area contributed by atoms with Crippen LogP contribution in [0.3, 0.4) is 0 Å². The molecule has 0 bridgehead atoms. The first-order valence-corrected chi connectivity index (χ1v) is 15.4. The van der Waals surface area contributed by atoms with E-state index in [1.807, 2.05) is 52.1 Å².